The highest BCUT2D eigenvalue weighted by molar-refractivity contribution is 8.18. The van der Waals surface area contributed by atoms with E-state index in [1.807, 2.05) is 24.3 Å². The summed E-state index contributed by atoms with van der Waals surface area (Å²) in [6, 6.07) is 14.3. The second-order valence-corrected chi connectivity index (χ2v) is 7.16. The van der Waals surface area contributed by atoms with E-state index in [9.17, 15) is 9.90 Å². The van der Waals surface area contributed by atoms with E-state index in [1.54, 1.807) is 44.4 Å². The molecule has 144 valence electrons. The molecule has 0 saturated heterocycles. The van der Waals surface area contributed by atoms with Crippen LogP contribution in [0.15, 0.2) is 69.8 Å². The zero-order chi connectivity index (χ0) is 20.1. The van der Waals surface area contributed by atoms with Gasteiger partial charge in [-0.2, -0.15) is 0 Å². The lowest BCUT2D eigenvalue weighted by atomic mass is 10.1. The standard InChI is InChI=1S/C21H18ClNO4S/c1-3-27-21(25)18-19(24)17(12-13-6-4-5-7-16(13)26-2)28-20(18)23-15-10-8-14(22)9-11-15/h4-12,24H,3H2,1-2H3/b17-12+,23-20?. The summed E-state index contributed by atoms with van der Waals surface area (Å²) in [6.45, 7) is 1.90. The number of aliphatic imine (C=N–C) groups is 1. The minimum Gasteiger partial charge on any atom is -0.506 e. The largest absolute Gasteiger partial charge is 0.506 e. The Hall–Kier alpha value is -2.70. The van der Waals surface area contributed by atoms with Crippen molar-refractivity contribution in [1.82, 2.24) is 0 Å². The number of esters is 1. The van der Waals surface area contributed by atoms with Crippen LogP contribution < -0.4 is 4.74 Å². The number of methoxy groups -OCH3 is 1. The fourth-order valence-corrected chi connectivity index (χ4v) is 3.70. The van der Waals surface area contributed by atoms with E-state index in [1.165, 1.54) is 11.8 Å². The second-order valence-electron chi connectivity index (χ2n) is 5.69. The van der Waals surface area contributed by atoms with E-state index in [0.717, 1.165) is 5.56 Å². The smallest absolute Gasteiger partial charge is 0.344 e. The van der Waals surface area contributed by atoms with Gasteiger partial charge in [0.1, 0.15) is 22.1 Å². The topological polar surface area (TPSA) is 68.1 Å². The van der Waals surface area contributed by atoms with Crippen LogP contribution in [-0.2, 0) is 9.53 Å². The number of thioether (sulfide) groups is 1. The van der Waals surface area contributed by atoms with Gasteiger partial charge in [-0.1, -0.05) is 41.6 Å². The van der Waals surface area contributed by atoms with Crippen molar-refractivity contribution < 1.29 is 19.4 Å². The fraction of sp³-hybridized carbons (Fsp3) is 0.143. The first kappa shape index (κ1) is 20.0. The van der Waals surface area contributed by atoms with Gasteiger partial charge in [0, 0.05) is 10.6 Å². The summed E-state index contributed by atoms with van der Waals surface area (Å²) in [6.07, 6.45) is 1.75. The number of ether oxygens (including phenoxy) is 2. The maximum atomic E-state index is 12.4. The van der Waals surface area contributed by atoms with Gasteiger partial charge in [0.15, 0.2) is 0 Å². The Morgan fingerprint density at radius 2 is 1.93 bits per heavy atom. The Morgan fingerprint density at radius 3 is 2.61 bits per heavy atom. The van der Waals surface area contributed by atoms with Crippen molar-refractivity contribution in [2.75, 3.05) is 13.7 Å². The molecule has 7 heteroatoms. The molecule has 2 aromatic rings. The van der Waals surface area contributed by atoms with Gasteiger partial charge in [-0.25, -0.2) is 9.79 Å². The predicted octanol–water partition coefficient (Wildman–Crippen LogP) is 5.54. The van der Waals surface area contributed by atoms with E-state index in [-0.39, 0.29) is 17.9 Å². The molecule has 0 atom stereocenters. The minimum atomic E-state index is -0.622. The second kappa shape index (κ2) is 8.99. The number of rotatable bonds is 5. The van der Waals surface area contributed by atoms with Crippen LogP contribution in [0.5, 0.6) is 5.75 Å². The lowest BCUT2D eigenvalue weighted by molar-refractivity contribution is -0.138. The van der Waals surface area contributed by atoms with Gasteiger partial charge in [-0.05, 0) is 43.3 Å². The Labute approximate surface area is 172 Å². The van der Waals surface area contributed by atoms with Crippen LogP contribution in [0, 0.1) is 0 Å². The monoisotopic (exact) mass is 415 g/mol. The molecule has 2 aromatic carbocycles. The number of nitrogens with zero attached hydrogens (tertiary/aromatic N) is 1. The molecule has 0 spiro atoms. The average molecular weight is 416 g/mol. The summed E-state index contributed by atoms with van der Waals surface area (Å²) in [7, 11) is 1.58. The number of para-hydroxylation sites is 1. The molecule has 5 nitrogen and oxygen atoms in total. The molecule has 1 N–H and O–H groups in total. The first-order valence-electron chi connectivity index (χ1n) is 8.51. The van der Waals surface area contributed by atoms with Gasteiger partial charge < -0.3 is 14.6 Å². The fourth-order valence-electron chi connectivity index (χ4n) is 2.55. The van der Waals surface area contributed by atoms with Crippen LogP contribution in [0.1, 0.15) is 12.5 Å². The lowest BCUT2D eigenvalue weighted by Crippen LogP contribution is -2.12. The number of aliphatic hydroxyl groups is 1. The van der Waals surface area contributed by atoms with Crippen molar-refractivity contribution in [3.63, 3.8) is 0 Å². The Bertz CT molecular complexity index is 980. The molecular formula is C21H18ClNO4S. The quantitative estimate of drug-likeness (QED) is 0.649. The number of carbonyl (C=O) groups excluding carboxylic acids is 1. The van der Waals surface area contributed by atoms with Crippen molar-refractivity contribution in [1.29, 1.82) is 0 Å². The highest BCUT2D eigenvalue weighted by Crippen LogP contribution is 2.41. The number of hydrogen-bond donors (Lipinski definition) is 1. The average Bonchev–Trinajstić information content (AvgIpc) is 2.99. The van der Waals surface area contributed by atoms with E-state index in [0.29, 0.717) is 26.4 Å². The molecule has 0 radical (unpaired) electrons. The van der Waals surface area contributed by atoms with Crippen LogP contribution in [-0.4, -0.2) is 29.8 Å². The summed E-state index contributed by atoms with van der Waals surface area (Å²) in [4.78, 5) is 17.4. The van der Waals surface area contributed by atoms with Gasteiger partial charge in [0.25, 0.3) is 0 Å². The molecule has 0 amide bonds. The summed E-state index contributed by atoms with van der Waals surface area (Å²) >= 11 is 7.11. The van der Waals surface area contributed by atoms with E-state index in [4.69, 9.17) is 21.1 Å². The number of carbonyl (C=O) groups is 1. The minimum absolute atomic E-state index is 0.0444. The summed E-state index contributed by atoms with van der Waals surface area (Å²) < 4.78 is 10.5. The first-order valence-corrected chi connectivity index (χ1v) is 9.70. The third-order valence-corrected chi connectivity index (χ3v) is 5.12. The molecule has 1 heterocycles. The third-order valence-electron chi connectivity index (χ3n) is 3.85. The first-order chi connectivity index (χ1) is 13.5. The Morgan fingerprint density at radius 1 is 1.21 bits per heavy atom. The molecule has 0 unspecified atom stereocenters. The van der Waals surface area contributed by atoms with Gasteiger partial charge in [0.05, 0.1) is 24.3 Å². The zero-order valence-electron chi connectivity index (χ0n) is 15.3. The number of aliphatic hydroxyl groups excluding tert-OH is 1. The molecule has 28 heavy (non-hydrogen) atoms. The Kier molecular flexibility index (Phi) is 6.44. The van der Waals surface area contributed by atoms with Crippen LogP contribution in [0.25, 0.3) is 6.08 Å². The predicted molar refractivity (Wildman–Crippen MR) is 113 cm³/mol. The van der Waals surface area contributed by atoms with Gasteiger partial charge in [0.2, 0.25) is 0 Å². The molecule has 3 rings (SSSR count). The molecule has 0 aliphatic carbocycles. The molecule has 1 aliphatic heterocycles. The van der Waals surface area contributed by atoms with Crippen molar-refractivity contribution in [2.45, 2.75) is 6.92 Å². The molecule has 1 aliphatic rings. The molecule has 0 saturated carbocycles. The summed E-state index contributed by atoms with van der Waals surface area (Å²) in [5.74, 6) is -0.130. The van der Waals surface area contributed by atoms with Crippen LogP contribution in [0.2, 0.25) is 5.02 Å². The SMILES string of the molecule is CCOC(=O)C1=C(O)/C(=C\c2ccccc2OC)SC1=Nc1ccc(Cl)cc1. The van der Waals surface area contributed by atoms with E-state index >= 15 is 0 Å². The van der Waals surface area contributed by atoms with Crippen molar-refractivity contribution in [3.05, 3.63) is 75.4 Å². The Balaban J connectivity index is 2.06. The van der Waals surface area contributed by atoms with Gasteiger partial charge in [-0.3, -0.25) is 0 Å². The zero-order valence-corrected chi connectivity index (χ0v) is 16.9. The van der Waals surface area contributed by atoms with Crippen LogP contribution >= 0.6 is 23.4 Å². The highest BCUT2D eigenvalue weighted by Gasteiger charge is 2.33. The van der Waals surface area contributed by atoms with Crippen molar-refractivity contribution in [2.24, 2.45) is 4.99 Å². The van der Waals surface area contributed by atoms with Gasteiger partial charge >= 0.3 is 5.97 Å². The third kappa shape index (κ3) is 4.40. The maximum Gasteiger partial charge on any atom is 0.344 e. The summed E-state index contributed by atoms with van der Waals surface area (Å²) in [5, 5.41) is 11.7. The van der Waals surface area contributed by atoms with E-state index < -0.39 is 5.97 Å². The molecule has 0 bridgehead atoms. The maximum absolute atomic E-state index is 12.4. The number of hydrogen-bond acceptors (Lipinski definition) is 6. The highest BCUT2D eigenvalue weighted by atomic mass is 35.5. The van der Waals surface area contributed by atoms with Crippen LogP contribution in [0.4, 0.5) is 5.69 Å². The molecule has 0 aromatic heterocycles. The molecular weight excluding hydrogens is 398 g/mol. The lowest BCUT2D eigenvalue weighted by Gasteiger charge is -2.05. The van der Waals surface area contributed by atoms with Crippen molar-refractivity contribution >= 4 is 46.1 Å². The van der Waals surface area contributed by atoms with Crippen molar-refractivity contribution in [3.8, 4) is 5.75 Å². The van der Waals surface area contributed by atoms with E-state index in [2.05, 4.69) is 4.99 Å². The van der Waals surface area contributed by atoms with Gasteiger partial charge in [-0.15, -0.1) is 0 Å². The van der Waals surface area contributed by atoms with Crippen LogP contribution in [0.3, 0.4) is 0 Å². The summed E-state index contributed by atoms with van der Waals surface area (Å²) in [5.41, 5.74) is 1.43. The normalized spacial score (nSPS) is 16.7. The number of halogens is 1. The number of benzene rings is 2. The molecule has 0 fully saturated rings.